The van der Waals surface area contributed by atoms with Gasteiger partial charge in [0, 0.05) is 5.69 Å². The van der Waals surface area contributed by atoms with Crippen molar-refractivity contribution in [2.45, 2.75) is 5.09 Å². The maximum absolute atomic E-state index is 12.1. The first-order valence-corrected chi connectivity index (χ1v) is 8.54. The molecule has 0 aliphatic carbocycles. The van der Waals surface area contributed by atoms with E-state index in [4.69, 9.17) is 4.42 Å². The molecule has 22 heavy (non-hydrogen) atoms. The quantitative estimate of drug-likeness (QED) is 0.759. The van der Waals surface area contributed by atoms with E-state index in [1.165, 1.54) is 30.5 Å². The largest absolute Gasteiger partial charge is 0.438 e. The minimum absolute atomic E-state index is 0.0906. The molecule has 0 bridgehead atoms. The minimum atomic E-state index is -3.71. The van der Waals surface area contributed by atoms with E-state index in [0.717, 1.165) is 10.2 Å². The van der Waals surface area contributed by atoms with Gasteiger partial charge >= 0.3 is 0 Å². The van der Waals surface area contributed by atoms with Crippen molar-refractivity contribution < 1.29 is 17.6 Å². The zero-order valence-corrected chi connectivity index (χ0v) is 13.0. The molecule has 0 aliphatic rings. The van der Waals surface area contributed by atoms with Crippen molar-refractivity contribution in [2.75, 3.05) is 12.4 Å². The lowest BCUT2D eigenvalue weighted by molar-refractivity contribution is 0.0991. The molecule has 0 atom stereocenters. The SMILES string of the molecule is CNS(=O)(=O)c1ccc(C(=O)Nc2ccc3scnc3c2)o1. The van der Waals surface area contributed by atoms with E-state index >= 15 is 0 Å². The maximum Gasteiger partial charge on any atom is 0.291 e. The van der Waals surface area contributed by atoms with Crippen LogP contribution in [0.5, 0.6) is 0 Å². The number of amides is 1. The molecule has 9 heteroatoms. The number of thiazole rings is 1. The Bertz CT molecular complexity index is 943. The van der Waals surface area contributed by atoms with Crippen LogP contribution in [0.4, 0.5) is 5.69 Å². The van der Waals surface area contributed by atoms with Gasteiger partial charge in [-0.2, -0.15) is 0 Å². The van der Waals surface area contributed by atoms with Gasteiger partial charge in [0.05, 0.1) is 15.7 Å². The Hall–Kier alpha value is -2.23. The van der Waals surface area contributed by atoms with Crippen LogP contribution in [0, 0.1) is 0 Å². The summed E-state index contributed by atoms with van der Waals surface area (Å²) in [4.78, 5) is 16.2. The van der Waals surface area contributed by atoms with Gasteiger partial charge in [-0.15, -0.1) is 11.3 Å². The van der Waals surface area contributed by atoms with Crippen LogP contribution in [0.3, 0.4) is 0 Å². The molecule has 1 aromatic carbocycles. The molecule has 1 amide bonds. The summed E-state index contributed by atoms with van der Waals surface area (Å²) >= 11 is 1.50. The molecule has 2 heterocycles. The molecule has 0 aliphatic heterocycles. The van der Waals surface area contributed by atoms with Crippen molar-refractivity contribution in [1.82, 2.24) is 9.71 Å². The summed E-state index contributed by atoms with van der Waals surface area (Å²) in [6.07, 6.45) is 0. The molecule has 3 rings (SSSR count). The smallest absolute Gasteiger partial charge is 0.291 e. The molecular weight excluding hydrogens is 326 g/mol. The van der Waals surface area contributed by atoms with Crippen molar-refractivity contribution >= 4 is 43.2 Å². The molecule has 0 unspecified atom stereocenters. The molecule has 3 aromatic rings. The number of carbonyl (C=O) groups excluding carboxylic acids is 1. The average molecular weight is 337 g/mol. The Kier molecular flexibility index (Phi) is 3.69. The van der Waals surface area contributed by atoms with E-state index in [1.54, 1.807) is 17.6 Å². The number of furan rings is 1. The summed E-state index contributed by atoms with van der Waals surface area (Å²) in [5.41, 5.74) is 3.05. The Morgan fingerprint density at radius 3 is 2.86 bits per heavy atom. The normalized spacial score (nSPS) is 11.7. The number of hydrogen-bond donors (Lipinski definition) is 2. The molecule has 0 saturated heterocycles. The lowest BCUT2D eigenvalue weighted by atomic mass is 10.3. The van der Waals surface area contributed by atoms with Crippen LogP contribution in [-0.4, -0.2) is 26.4 Å². The number of carbonyl (C=O) groups is 1. The Morgan fingerprint density at radius 1 is 1.27 bits per heavy atom. The van der Waals surface area contributed by atoms with E-state index in [-0.39, 0.29) is 10.9 Å². The highest BCUT2D eigenvalue weighted by Crippen LogP contribution is 2.22. The van der Waals surface area contributed by atoms with Crippen LogP contribution in [0.15, 0.2) is 45.4 Å². The third-order valence-electron chi connectivity index (χ3n) is 2.93. The number of hydrogen-bond acceptors (Lipinski definition) is 6. The van der Waals surface area contributed by atoms with Crippen molar-refractivity contribution in [3.63, 3.8) is 0 Å². The lowest BCUT2D eigenvalue weighted by Crippen LogP contribution is -2.18. The van der Waals surface area contributed by atoms with Gasteiger partial charge in [0.15, 0.2) is 5.76 Å². The van der Waals surface area contributed by atoms with Gasteiger partial charge in [-0.1, -0.05) is 0 Å². The second-order valence-corrected chi connectivity index (χ2v) is 7.02. The fourth-order valence-corrected chi connectivity index (χ4v) is 3.12. The van der Waals surface area contributed by atoms with Gasteiger partial charge in [0.1, 0.15) is 0 Å². The zero-order valence-electron chi connectivity index (χ0n) is 11.4. The highest BCUT2D eigenvalue weighted by Gasteiger charge is 2.19. The molecule has 2 N–H and O–H groups in total. The van der Waals surface area contributed by atoms with Gasteiger partial charge < -0.3 is 9.73 Å². The third kappa shape index (κ3) is 2.73. The van der Waals surface area contributed by atoms with E-state index < -0.39 is 15.9 Å². The van der Waals surface area contributed by atoms with Crippen molar-refractivity contribution in [1.29, 1.82) is 0 Å². The van der Waals surface area contributed by atoms with Crippen LogP contribution in [0.2, 0.25) is 0 Å². The number of anilines is 1. The highest BCUT2D eigenvalue weighted by molar-refractivity contribution is 7.89. The van der Waals surface area contributed by atoms with Crippen LogP contribution in [-0.2, 0) is 10.0 Å². The van der Waals surface area contributed by atoms with Gasteiger partial charge in [-0.25, -0.2) is 18.1 Å². The van der Waals surface area contributed by atoms with Crippen LogP contribution in [0.1, 0.15) is 10.6 Å². The van der Waals surface area contributed by atoms with E-state index in [2.05, 4.69) is 15.0 Å². The Morgan fingerprint density at radius 2 is 2.09 bits per heavy atom. The molecule has 0 fully saturated rings. The molecule has 114 valence electrons. The molecule has 2 aromatic heterocycles. The summed E-state index contributed by atoms with van der Waals surface area (Å²) in [7, 11) is -2.45. The highest BCUT2D eigenvalue weighted by atomic mass is 32.2. The van der Waals surface area contributed by atoms with Crippen molar-refractivity contribution in [3.8, 4) is 0 Å². The first-order chi connectivity index (χ1) is 10.5. The predicted molar refractivity (Wildman–Crippen MR) is 82.5 cm³/mol. The molecule has 0 radical (unpaired) electrons. The molecule has 7 nitrogen and oxygen atoms in total. The monoisotopic (exact) mass is 337 g/mol. The zero-order chi connectivity index (χ0) is 15.7. The first-order valence-electron chi connectivity index (χ1n) is 6.17. The minimum Gasteiger partial charge on any atom is -0.438 e. The molecule has 0 saturated carbocycles. The topological polar surface area (TPSA) is 101 Å². The third-order valence-corrected chi connectivity index (χ3v) is 5.02. The van der Waals surface area contributed by atoms with E-state index in [9.17, 15) is 13.2 Å². The number of aromatic nitrogens is 1. The number of benzene rings is 1. The summed E-state index contributed by atoms with van der Waals surface area (Å²) < 4.78 is 31.3. The fourth-order valence-electron chi connectivity index (χ4n) is 1.82. The summed E-state index contributed by atoms with van der Waals surface area (Å²) in [6, 6.07) is 7.86. The van der Waals surface area contributed by atoms with E-state index in [0.29, 0.717) is 5.69 Å². The molecular formula is C13H11N3O4S2. The van der Waals surface area contributed by atoms with Gasteiger partial charge in [-0.3, -0.25) is 4.79 Å². The predicted octanol–water partition coefficient (Wildman–Crippen LogP) is 2.05. The Balaban J connectivity index is 1.82. The van der Waals surface area contributed by atoms with E-state index in [1.807, 2.05) is 6.07 Å². The second kappa shape index (κ2) is 5.52. The van der Waals surface area contributed by atoms with Crippen LogP contribution < -0.4 is 10.0 Å². The molecule has 0 spiro atoms. The number of fused-ring (bicyclic) bond motifs is 1. The summed E-state index contributed by atoms with van der Waals surface area (Å²) in [5, 5.41) is 2.33. The number of nitrogens with zero attached hydrogens (tertiary/aromatic N) is 1. The van der Waals surface area contributed by atoms with Crippen LogP contribution >= 0.6 is 11.3 Å². The van der Waals surface area contributed by atoms with Crippen molar-refractivity contribution in [2.24, 2.45) is 0 Å². The number of nitrogens with one attached hydrogen (secondary N) is 2. The number of sulfonamides is 1. The van der Waals surface area contributed by atoms with Gasteiger partial charge in [0.2, 0.25) is 5.09 Å². The maximum atomic E-state index is 12.1. The average Bonchev–Trinajstić information content (AvgIpc) is 3.16. The Labute approximate surface area is 130 Å². The summed E-state index contributed by atoms with van der Waals surface area (Å²) in [5.74, 6) is -0.626. The lowest BCUT2D eigenvalue weighted by Gasteiger charge is -2.03. The van der Waals surface area contributed by atoms with Gasteiger partial charge in [-0.05, 0) is 37.4 Å². The number of rotatable bonds is 4. The van der Waals surface area contributed by atoms with Crippen LogP contribution in [0.25, 0.3) is 10.2 Å². The fraction of sp³-hybridized carbons (Fsp3) is 0.0769. The van der Waals surface area contributed by atoms with Gasteiger partial charge in [0.25, 0.3) is 15.9 Å². The first kappa shape index (κ1) is 14.7. The summed E-state index contributed by atoms with van der Waals surface area (Å²) in [6.45, 7) is 0. The second-order valence-electron chi connectivity index (χ2n) is 4.32. The standard InChI is InChI=1S/C13H11N3O4S2/c1-14-22(18,19)12-5-3-10(20-12)13(17)16-8-2-4-11-9(6-8)15-7-21-11/h2-7,14H,1H3,(H,16,17). The van der Waals surface area contributed by atoms with Crippen molar-refractivity contribution in [3.05, 3.63) is 41.6 Å².